The number of hydrogen-bond acceptors (Lipinski definition) is 3. The van der Waals surface area contributed by atoms with Gasteiger partial charge in [0.1, 0.15) is 17.4 Å². The van der Waals surface area contributed by atoms with E-state index >= 15 is 0 Å². The van der Waals surface area contributed by atoms with Gasteiger partial charge in [0.2, 0.25) is 0 Å². The molecule has 1 heterocycles. The van der Waals surface area contributed by atoms with E-state index in [-0.39, 0.29) is 23.7 Å². The van der Waals surface area contributed by atoms with Gasteiger partial charge in [0.15, 0.2) is 0 Å². The molecule has 2 aromatic rings. The summed E-state index contributed by atoms with van der Waals surface area (Å²) in [5.74, 6) is -0.763. The molecular formula is C14H12F2N2O. The SMILES string of the molecule is C[C@H](NCc1c(F)cc(C#N)cc1F)c1ccco1. The van der Waals surface area contributed by atoms with Crippen molar-refractivity contribution in [2.45, 2.75) is 19.5 Å². The highest BCUT2D eigenvalue weighted by Crippen LogP contribution is 2.17. The lowest BCUT2D eigenvalue weighted by atomic mass is 10.1. The zero-order chi connectivity index (χ0) is 13.8. The third kappa shape index (κ3) is 2.98. The van der Waals surface area contributed by atoms with E-state index in [0.29, 0.717) is 5.76 Å². The molecule has 1 atom stereocenters. The molecule has 0 unspecified atom stereocenters. The summed E-state index contributed by atoms with van der Waals surface area (Å²) in [4.78, 5) is 0. The molecule has 5 heteroatoms. The second-order valence-corrected chi connectivity index (χ2v) is 4.15. The van der Waals surface area contributed by atoms with Crippen molar-refractivity contribution in [3.63, 3.8) is 0 Å². The predicted octanol–water partition coefficient (Wildman–Crippen LogP) is 3.28. The van der Waals surface area contributed by atoms with E-state index in [1.807, 2.05) is 6.92 Å². The lowest BCUT2D eigenvalue weighted by molar-refractivity contribution is 0.422. The zero-order valence-corrected chi connectivity index (χ0v) is 10.3. The Morgan fingerprint density at radius 2 is 2.05 bits per heavy atom. The lowest BCUT2D eigenvalue weighted by Crippen LogP contribution is -2.19. The molecule has 0 saturated heterocycles. The third-order valence-corrected chi connectivity index (χ3v) is 2.83. The van der Waals surface area contributed by atoms with Crippen molar-refractivity contribution in [2.24, 2.45) is 0 Å². The number of hydrogen-bond donors (Lipinski definition) is 1. The maximum Gasteiger partial charge on any atom is 0.131 e. The van der Waals surface area contributed by atoms with Crippen molar-refractivity contribution in [2.75, 3.05) is 0 Å². The number of nitrogens with one attached hydrogen (secondary N) is 1. The Kier molecular flexibility index (Phi) is 3.93. The van der Waals surface area contributed by atoms with E-state index in [2.05, 4.69) is 5.32 Å². The maximum atomic E-state index is 13.6. The summed E-state index contributed by atoms with van der Waals surface area (Å²) in [5.41, 5.74) is -0.116. The molecule has 1 N–H and O–H groups in total. The van der Waals surface area contributed by atoms with Gasteiger partial charge in [-0.15, -0.1) is 0 Å². The van der Waals surface area contributed by atoms with E-state index in [4.69, 9.17) is 9.68 Å². The second-order valence-electron chi connectivity index (χ2n) is 4.15. The summed E-state index contributed by atoms with van der Waals surface area (Å²) in [7, 11) is 0. The average molecular weight is 262 g/mol. The quantitative estimate of drug-likeness (QED) is 0.919. The molecule has 98 valence electrons. The van der Waals surface area contributed by atoms with Gasteiger partial charge in [0.05, 0.1) is 23.9 Å². The fourth-order valence-corrected chi connectivity index (χ4v) is 1.73. The molecule has 0 aliphatic heterocycles. The van der Waals surface area contributed by atoms with Gasteiger partial charge in [0.25, 0.3) is 0 Å². The number of halogens is 2. The van der Waals surface area contributed by atoms with Crippen LogP contribution in [0.25, 0.3) is 0 Å². The van der Waals surface area contributed by atoms with Gasteiger partial charge in [-0.2, -0.15) is 5.26 Å². The zero-order valence-electron chi connectivity index (χ0n) is 10.3. The van der Waals surface area contributed by atoms with Gasteiger partial charge in [-0.05, 0) is 31.2 Å². The molecule has 0 aliphatic carbocycles. The molecular weight excluding hydrogens is 250 g/mol. The van der Waals surface area contributed by atoms with Crippen LogP contribution in [0.15, 0.2) is 34.9 Å². The van der Waals surface area contributed by atoms with Crippen molar-refractivity contribution < 1.29 is 13.2 Å². The highest BCUT2D eigenvalue weighted by Gasteiger charge is 2.13. The molecule has 19 heavy (non-hydrogen) atoms. The molecule has 0 radical (unpaired) electrons. The number of nitrogens with zero attached hydrogens (tertiary/aromatic N) is 1. The average Bonchev–Trinajstić information content (AvgIpc) is 2.91. The maximum absolute atomic E-state index is 13.6. The van der Waals surface area contributed by atoms with Gasteiger partial charge < -0.3 is 9.73 Å². The minimum absolute atomic E-state index is 0.0191. The molecule has 0 amide bonds. The Hall–Kier alpha value is -2.19. The molecule has 0 aliphatic rings. The van der Waals surface area contributed by atoms with Crippen LogP contribution in [0.2, 0.25) is 0 Å². The van der Waals surface area contributed by atoms with Crippen LogP contribution < -0.4 is 5.32 Å². The summed E-state index contributed by atoms with van der Waals surface area (Å²) in [5, 5.41) is 11.6. The van der Waals surface area contributed by atoms with Gasteiger partial charge in [-0.25, -0.2) is 8.78 Å². The van der Waals surface area contributed by atoms with E-state index in [1.165, 1.54) is 6.26 Å². The molecule has 1 aromatic heterocycles. The molecule has 1 aromatic carbocycles. The summed E-state index contributed by atoms with van der Waals surface area (Å²) in [6, 6.07) is 7.12. The van der Waals surface area contributed by atoms with Crippen LogP contribution in [0.1, 0.15) is 29.9 Å². The smallest absolute Gasteiger partial charge is 0.131 e. The van der Waals surface area contributed by atoms with E-state index in [9.17, 15) is 8.78 Å². The second kappa shape index (κ2) is 5.63. The molecule has 0 bridgehead atoms. The van der Waals surface area contributed by atoms with E-state index < -0.39 is 11.6 Å². The van der Waals surface area contributed by atoms with Crippen LogP contribution in [0, 0.1) is 23.0 Å². The molecule has 2 rings (SSSR count). The predicted molar refractivity (Wildman–Crippen MR) is 65.0 cm³/mol. The van der Waals surface area contributed by atoms with Crippen molar-refractivity contribution in [1.82, 2.24) is 5.32 Å². The van der Waals surface area contributed by atoms with Crippen LogP contribution >= 0.6 is 0 Å². The first-order valence-electron chi connectivity index (χ1n) is 5.76. The highest BCUT2D eigenvalue weighted by molar-refractivity contribution is 5.34. The Morgan fingerprint density at radius 1 is 1.37 bits per heavy atom. The van der Waals surface area contributed by atoms with Crippen molar-refractivity contribution in [3.05, 3.63) is 59.1 Å². The number of rotatable bonds is 4. The molecule has 3 nitrogen and oxygen atoms in total. The van der Waals surface area contributed by atoms with E-state index in [0.717, 1.165) is 12.1 Å². The first-order valence-corrected chi connectivity index (χ1v) is 5.76. The van der Waals surface area contributed by atoms with Gasteiger partial charge in [0, 0.05) is 12.1 Å². The summed E-state index contributed by atoms with van der Waals surface area (Å²) < 4.78 is 32.5. The fraction of sp³-hybridized carbons (Fsp3) is 0.214. The van der Waals surface area contributed by atoms with Gasteiger partial charge in [-0.3, -0.25) is 0 Å². The molecule has 0 fully saturated rings. The largest absolute Gasteiger partial charge is 0.468 e. The van der Waals surface area contributed by atoms with Gasteiger partial charge in [-0.1, -0.05) is 0 Å². The standard InChI is InChI=1S/C14H12F2N2O/c1-9(14-3-2-4-19-14)18-8-11-12(15)5-10(7-17)6-13(11)16/h2-6,9,18H,8H2,1H3/t9-/m0/s1. The summed E-state index contributed by atoms with van der Waals surface area (Å²) in [6.07, 6.45) is 1.54. The minimum Gasteiger partial charge on any atom is -0.468 e. The van der Waals surface area contributed by atoms with Crippen molar-refractivity contribution >= 4 is 0 Å². The van der Waals surface area contributed by atoms with Crippen LogP contribution in [-0.4, -0.2) is 0 Å². The first kappa shape index (κ1) is 13.2. The monoisotopic (exact) mass is 262 g/mol. The Bertz CT molecular complexity index is 579. The van der Waals surface area contributed by atoms with Crippen LogP contribution in [-0.2, 0) is 6.54 Å². The normalized spacial score (nSPS) is 12.1. The lowest BCUT2D eigenvalue weighted by Gasteiger charge is -2.12. The Labute approximate surface area is 109 Å². The summed E-state index contributed by atoms with van der Waals surface area (Å²) in [6.45, 7) is 1.85. The number of benzene rings is 1. The minimum atomic E-state index is -0.726. The van der Waals surface area contributed by atoms with Crippen molar-refractivity contribution in [3.8, 4) is 6.07 Å². The van der Waals surface area contributed by atoms with Crippen LogP contribution in [0.3, 0.4) is 0 Å². The van der Waals surface area contributed by atoms with E-state index in [1.54, 1.807) is 18.2 Å². The topological polar surface area (TPSA) is 49.0 Å². The van der Waals surface area contributed by atoms with Crippen molar-refractivity contribution in [1.29, 1.82) is 5.26 Å². The number of nitriles is 1. The summed E-state index contributed by atoms with van der Waals surface area (Å²) >= 11 is 0. The van der Waals surface area contributed by atoms with Crippen LogP contribution in [0.5, 0.6) is 0 Å². The highest BCUT2D eigenvalue weighted by atomic mass is 19.1. The molecule has 0 spiro atoms. The Morgan fingerprint density at radius 3 is 2.58 bits per heavy atom. The molecule has 0 saturated carbocycles. The fourth-order valence-electron chi connectivity index (χ4n) is 1.73. The third-order valence-electron chi connectivity index (χ3n) is 2.83. The first-order chi connectivity index (χ1) is 9.11. The van der Waals surface area contributed by atoms with Gasteiger partial charge >= 0.3 is 0 Å². The van der Waals surface area contributed by atoms with Crippen LogP contribution in [0.4, 0.5) is 8.78 Å². The number of furan rings is 1. The Balaban J connectivity index is 2.10.